The molecule has 1 saturated heterocycles. The molecular formula is C10H14BF3N2O2. The number of nitrogens with zero attached hydrogens (tertiary/aromatic N) is 2. The highest BCUT2D eigenvalue weighted by atomic mass is 19.4. The Bertz CT molecular complexity index is 440. The molecule has 1 aliphatic heterocycles. The van der Waals surface area contributed by atoms with Crippen LogP contribution in [0.3, 0.4) is 0 Å². The molecule has 0 radical (unpaired) electrons. The maximum atomic E-state index is 12.4. The van der Waals surface area contributed by atoms with Gasteiger partial charge in [0, 0.05) is 17.9 Å². The number of alkyl halides is 3. The highest BCUT2D eigenvalue weighted by Crippen LogP contribution is 2.36. The fourth-order valence-corrected chi connectivity index (χ4v) is 1.58. The molecule has 1 aromatic heterocycles. The molecule has 4 nitrogen and oxygen atoms in total. The topological polar surface area (TPSA) is 36.3 Å². The Morgan fingerprint density at radius 1 is 1.17 bits per heavy atom. The number of rotatable bonds is 1. The van der Waals surface area contributed by atoms with Crippen LogP contribution in [-0.4, -0.2) is 28.1 Å². The van der Waals surface area contributed by atoms with Crippen molar-refractivity contribution in [3.63, 3.8) is 0 Å². The Hall–Kier alpha value is -1.02. The van der Waals surface area contributed by atoms with Crippen LogP contribution in [0.5, 0.6) is 0 Å². The molecule has 1 aromatic rings. The first kappa shape index (κ1) is 13.4. The van der Waals surface area contributed by atoms with Gasteiger partial charge >= 0.3 is 13.4 Å². The smallest absolute Gasteiger partial charge is 0.399 e. The first-order chi connectivity index (χ1) is 8.03. The van der Waals surface area contributed by atoms with E-state index in [0.717, 1.165) is 12.4 Å². The summed E-state index contributed by atoms with van der Waals surface area (Å²) in [6, 6.07) is 0. The van der Waals surface area contributed by atoms with E-state index in [1.165, 1.54) is 0 Å². The monoisotopic (exact) mass is 262 g/mol. The van der Waals surface area contributed by atoms with E-state index in [-0.39, 0.29) is 10.1 Å². The Labute approximate surface area is 103 Å². The van der Waals surface area contributed by atoms with E-state index in [2.05, 4.69) is 5.10 Å². The predicted molar refractivity (Wildman–Crippen MR) is 59.2 cm³/mol. The molecule has 100 valence electrons. The van der Waals surface area contributed by atoms with Crippen LogP contribution in [0, 0.1) is 0 Å². The summed E-state index contributed by atoms with van der Waals surface area (Å²) in [4.78, 5) is 0. The van der Waals surface area contributed by atoms with Crippen molar-refractivity contribution in [1.29, 1.82) is 0 Å². The third-order valence-electron chi connectivity index (χ3n) is 3.39. The molecule has 0 spiro atoms. The van der Waals surface area contributed by atoms with Gasteiger partial charge in [-0.25, -0.2) is 0 Å². The molecule has 0 bridgehead atoms. The average Bonchev–Trinajstić information content (AvgIpc) is 2.69. The predicted octanol–water partition coefficient (Wildman–Crippen LogP) is 1.66. The summed E-state index contributed by atoms with van der Waals surface area (Å²) in [5.41, 5.74) is -0.915. The molecule has 0 unspecified atom stereocenters. The average molecular weight is 262 g/mol. The van der Waals surface area contributed by atoms with Gasteiger partial charge in [0.2, 0.25) is 0 Å². The lowest BCUT2D eigenvalue weighted by Crippen LogP contribution is -2.41. The molecule has 0 amide bonds. The summed E-state index contributed by atoms with van der Waals surface area (Å²) in [5.74, 6) is 0. The molecule has 0 N–H and O–H groups in total. The molecule has 0 aliphatic carbocycles. The van der Waals surface area contributed by atoms with E-state index in [9.17, 15) is 13.2 Å². The van der Waals surface area contributed by atoms with Gasteiger partial charge in [0.1, 0.15) is 0 Å². The van der Waals surface area contributed by atoms with Gasteiger partial charge in [0.05, 0.1) is 11.2 Å². The van der Waals surface area contributed by atoms with Gasteiger partial charge < -0.3 is 9.31 Å². The molecular weight excluding hydrogens is 248 g/mol. The van der Waals surface area contributed by atoms with Gasteiger partial charge in [0.15, 0.2) is 0 Å². The zero-order chi connectivity index (χ0) is 13.8. The Kier molecular flexibility index (Phi) is 2.79. The fraction of sp³-hybridized carbons (Fsp3) is 0.700. The van der Waals surface area contributed by atoms with Crippen molar-refractivity contribution in [2.75, 3.05) is 0 Å². The van der Waals surface area contributed by atoms with Gasteiger partial charge in [0.25, 0.3) is 0 Å². The maximum absolute atomic E-state index is 12.4. The minimum atomic E-state index is -4.53. The SMILES string of the molecule is CC1(C)OB(c2cnn(C(F)(F)F)c2)OC1(C)C. The van der Waals surface area contributed by atoms with Gasteiger partial charge in [-0.3, -0.25) is 0 Å². The highest BCUT2D eigenvalue weighted by Gasteiger charge is 2.52. The Morgan fingerprint density at radius 2 is 1.67 bits per heavy atom. The second kappa shape index (κ2) is 3.74. The molecule has 1 aliphatic rings. The maximum Gasteiger partial charge on any atom is 0.504 e. The van der Waals surface area contributed by atoms with Crippen molar-refractivity contribution in [2.45, 2.75) is 45.2 Å². The quantitative estimate of drug-likeness (QED) is 0.722. The molecule has 18 heavy (non-hydrogen) atoms. The van der Waals surface area contributed by atoms with Crippen LogP contribution in [0.1, 0.15) is 27.7 Å². The van der Waals surface area contributed by atoms with Crippen molar-refractivity contribution in [1.82, 2.24) is 9.78 Å². The third kappa shape index (κ3) is 2.14. The van der Waals surface area contributed by atoms with E-state index in [4.69, 9.17) is 9.31 Å². The molecule has 0 atom stereocenters. The van der Waals surface area contributed by atoms with E-state index in [1.807, 2.05) is 27.7 Å². The van der Waals surface area contributed by atoms with Gasteiger partial charge in [-0.1, -0.05) is 0 Å². The zero-order valence-corrected chi connectivity index (χ0v) is 10.6. The lowest BCUT2D eigenvalue weighted by atomic mass is 9.82. The molecule has 2 rings (SSSR count). The highest BCUT2D eigenvalue weighted by molar-refractivity contribution is 6.61. The minimum Gasteiger partial charge on any atom is -0.399 e. The largest absolute Gasteiger partial charge is 0.504 e. The van der Waals surface area contributed by atoms with Crippen LogP contribution < -0.4 is 5.46 Å². The summed E-state index contributed by atoms with van der Waals surface area (Å²) < 4.78 is 48.4. The van der Waals surface area contributed by atoms with Crippen LogP contribution in [0.2, 0.25) is 0 Å². The lowest BCUT2D eigenvalue weighted by Gasteiger charge is -2.32. The molecule has 0 aromatic carbocycles. The van der Waals surface area contributed by atoms with Crippen LogP contribution >= 0.6 is 0 Å². The fourth-order valence-electron chi connectivity index (χ4n) is 1.58. The molecule has 2 heterocycles. The zero-order valence-electron chi connectivity index (χ0n) is 10.6. The number of hydrogen-bond donors (Lipinski definition) is 0. The first-order valence-electron chi connectivity index (χ1n) is 5.50. The van der Waals surface area contributed by atoms with Gasteiger partial charge in [-0.05, 0) is 27.7 Å². The Morgan fingerprint density at radius 3 is 2.06 bits per heavy atom. The van der Waals surface area contributed by atoms with E-state index in [0.29, 0.717) is 0 Å². The van der Waals surface area contributed by atoms with Crippen LogP contribution in [0.25, 0.3) is 0 Å². The minimum absolute atomic E-state index is 0.0621. The van der Waals surface area contributed by atoms with E-state index < -0.39 is 24.6 Å². The van der Waals surface area contributed by atoms with Crippen molar-refractivity contribution in [3.8, 4) is 0 Å². The lowest BCUT2D eigenvalue weighted by molar-refractivity contribution is -0.212. The van der Waals surface area contributed by atoms with Gasteiger partial charge in [-0.15, -0.1) is 13.2 Å². The third-order valence-corrected chi connectivity index (χ3v) is 3.39. The standard InChI is InChI=1S/C10H14BF3N2O2/c1-8(2)9(3,4)18-11(17-8)7-5-15-16(6-7)10(12,13)14/h5-6H,1-4H3. The summed E-state index contributed by atoms with van der Waals surface area (Å²) in [5, 5.41) is 3.26. The van der Waals surface area contributed by atoms with Crippen molar-refractivity contribution in [3.05, 3.63) is 12.4 Å². The molecule has 1 fully saturated rings. The van der Waals surface area contributed by atoms with E-state index >= 15 is 0 Å². The first-order valence-corrected chi connectivity index (χ1v) is 5.50. The van der Waals surface area contributed by atoms with Gasteiger partial charge in [-0.2, -0.15) is 9.78 Å². The van der Waals surface area contributed by atoms with Crippen LogP contribution in [-0.2, 0) is 15.6 Å². The van der Waals surface area contributed by atoms with E-state index in [1.54, 1.807) is 0 Å². The molecule has 8 heteroatoms. The summed E-state index contributed by atoms with van der Waals surface area (Å²) in [6.45, 7) is 7.34. The van der Waals surface area contributed by atoms with Crippen molar-refractivity contribution < 1.29 is 22.5 Å². The Balaban J connectivity index is 2.23. The summed E-state index contributed by atoms with van der Waals surface area (Å²) in [7, 11) is -0.828. The summed E-state index contributed by atoms with van der Waals surface area (Å²) in [6.07, 6.45) is -2.54. The summed E-state index contributed by atoms with van der Waals surface area (Å²) >= 11 is 0. The second-order valence-corrected chi connectivity index (χ2v) is 5.27. The normalized spacial score (nSPS) is 22.5. The second-order valence-electron chi connectivity index (χ2n) is 5.27. The number of aromatic nitrogens is 2. The van der Waals surface area contributed by atoms with Crippen LogP contribution in [0.4, 0.5) is 13.2 Å². The van der Waals surface area contributed by atoms with Crippen LogP contribution in [0.15, 0.2) is 12.4 Å². The van der Waals surface area contributed by atoms with Crippen molar-refractivity contribution >= 4 is 12.6 Å². The van der Waals surface area contributed by atoms with Crippen molar-refractivity contribution in [2.24, 2.45) is 0 Å². The molecule has 0 saturated carbocycles. The number of halogens is 3. The number of hydrogen-bond acceptors (Lipinski definition) is 3.